The lowest BCUT2D eigenvalue weighted by atomic mass is 10.0. The lowest BCUT2D eigenvalue weighted by Crippen LogP contribution is -2.45. The quantitative estimate of drug-likeness (QED) is 0.887. The molecule has 6 nitrogen and oxygen atoms in total. The first-order valence-corrected chi connectivity index (χ1v) is 7.52. The number of aryl methyl sites for hydroxylation is 1. The van der Waals surface area contributed by atoms with Crippen molar-refractivity contribution in [2.24, 2.45) is 7.05 Å². The van der Waals surface area contributed by atoms with Gasteiger partial charge in [-0.1, -0.05) is 30.3 Å². The smallest absolute Gasteiger partial charge is 0.188 e. The van der Waals surface area contributed by atoms with E-state index in [0.717, 1.165) is 18.9 Å². The van der Waals surface area contributed by atoms with E-state index in [-0.39, 0.29) is 0 Å². The maximum atomic E-state index is 4.20. The lowest BCUT2D eigenvalue weighted by molar-refractivity contribution is 0.182. The molecular weight excluding hydrogens is 264 g/mol. The van der Waals surface area contributed by atoms with Crippen LogP contribution in [-0.2, 0) is 20.1 Å². The summed E-state index contributed by atoms with van der Waals surface area (Å²) < 4.78 is 0. The Morgan fingerprint density at radius 3 is 2.90 bits per heavy atom. The molecular formula is C15H22N6. The third kappa shape index (κ3) is 4.09. The number of likely N-dealkylation sites (tertiary alicyclic amines) is 1. The first-order valence-electron chi connectivity index (χ1n) is 7.52. The first-order chi connectivity index (χ1) is 10.3. The van der Waals surface area contributed by atoms with Gasteiger partial charge in [0.2, 0.25) is 0 Å². The third-order valence-corrected chi connectivity index (χ3v) is 3.85. The van der Waals surface area contributed by atoms with E-state index in [1.807, 2.05) is 0 Å². The Morgan fingerprint density at radius 2 is 2.14 bits per heavy atom. The molecule has 3 rings (SSSR count). The molecule has 1 unspecified atom stereocenters. The fraction of sp³-hybridized carbons (Fsp3) is 0.533. The van der Waals surface area contributed by atoms with Gasteiger partial charge in [-0.25, -0.2) is 0 Å². The average molecular weight is 286 g/mol. The Balaban J connectivity index is 1.49. The molecule has 1 atom stereocenters. The number of nitrogens with zero attached hydrogens (tertiary/aromatic N) is 5. The molecule has 2 aromatic rings. The van der Waals surface area contributed by atoms with E-state index in [1.54, 1.807) is 7.05 Å². The van der Waals surface area contributed by atoms with E-state index in [0.29, 0.717) is 12.6 Å². The summed E-state index contributed by atoms with van der Waals surface area (Å²) in [6.07, 6.45) is 2.45. The van der Waals surface area contributed by atoms with Crippen LogP contribution in [0.2, 0.25) is 0 Å². The van der Waals surface area contributed by atoms with Gasteiger partial charge in [0.05, 0.1) is 13.6 Å². The second-order valence-electron chi connectivity index (χ2n) is 5.64. The molecule has 0 bridgehead atoms. The predicted octanol–water partition coefficient (Wildman–Crippen LogP) is 0.964. The predicted molar refractivity (Wildman–Crippen MR) is 80.4 cm³/mol. The lowest BCUT2D eigenvalue weighted by Gasteiger charge is -2.33. The monoisotopic (exact) mass is 286 g/mol. The molecule has 1 N–H and O–H groups in total. The number of hydrogen-bond donors (Lipinski definition) is 1. The van der Waals surface area contributed by atoms with Crippen molar-refractivity contribution in [3.05, 3.63) is 41.7 Å². The summed E-state index contributed by atoms with van der Waals surface area (Å²) >= 11 is 0. The van der Waals surface area contributed by atoms with Gasteiger partial charge >= 0.3 is 0 Å². The summed E-state index contributed by atoms with van der Waals surface area (Å²) in [5.41, 5.74) is 1.38. The summed E-state index contributed by atoms with van der Waals surface area (Å²) in [5, 5.41) is 15.6. The average Bonchev–Trinajstić information content (AvgIpc) is 2.92. The molecule has 112 valence electrons. The van der Waals surface area contributed by atoms with Gasteiger partial charge in [0.25, 0.3) is 0 Å². The molecule has 0 radical (unpaired) electrons. The molecule has 0 amide bonds. The fourth-order valence-electron chi connectivity index (χ4n) is 2.84. The summed E-state index contributed by atoms with van der Waals surface area (Å²) in [5.74, 6) is 0.762. The Bertz CT molecular complexity index is 552. The van der Waals surface area contributed by atoms with Crippen molar-refractivity contribution in [1.82, 2.24) is 30.4 Å². The van der Waals surface area contributed by atoms with Crippen molar-refractivity contribution in [2.45, 2.75) is 32.0 Å². The Labute approximate surface area is 125 Å². The van der Waals surface area contributed by atoms with Gasteiger partial charge in [-0.3, -0.25) is 4.90 Å². The highest BCUT2D eigenvalue weighted by atomic mass is 15.6. The zero-order valence-corrected chi connectivity index (χ0v) is 12.4. The van der Waals surface area contributed by atoms with Crippen LogP contribution in [0.25, 0.3) is 0 Å². The van der Waals surface area contributed by atoms with Crippen LogP contribution >= 0.6 is 0 Å². The topological polar surface area (TPSA) is 58.9 Å². The molecule has 1 fully saturated rings. The number of hydrogen-bond acceptors (Lipinski definition) is 5. The molecule has 1 aromatic heterocycles. The first kappa shape index (κ1) is 14.2. The van der Waals surface area contributed by atoms with Crippen LogP contribution in [0.4, 0.5) is 0 Å². The van der Waals surface area contributed by atoms with Crippen molar-refractivity contribution in [1.29, 1.82) is 0 Å². The maximum absolute atomic E-state index is 4.20. The van der Waals surface area contributed by atoms with Crippen molar-refractivity contribution in [3.8, 4) is 0 Å². The molecule has 1 saturated heterocycles. The van der Waals surface area contributed by atoms with Crippen LogP contribution in [0, 0.1) is 0 Å². The van der Waals surface area contributed by atoms with Crippen LogP contribution in [-0.4, -0.2) is 44.2 Å². The Kier molecular flexibility index (Phi) is 4.57. The molecule has 0 saturated carbocycles. The summed E-state index contributed by atoms with van der Waals surface area (Å²) in [7, 11) is 1.79. The minimum atomic E-state index is 0.506. The summed E-state index contributed by atoms with van der Waals surface area (Å²) in [6.45, 7) is 3.98. The molecule has 2 heterocycles. The normalized spacial score (nSPS) is 19.8. The second-order valence-corrected chi connectivity index (χ2v) is 5.64. The van der Waals surface area contributed by atoms with Crippen molar-refractivity contribution >= 4 is 0 Å². The Morgan fingerprint density at radius 1 is 1.29 bits per heavy atom. The number of benzene rings is 1. The van der Waals surface area contributed by atoms with Crippen molar-refractivity contribution < 1.29 is 0 Å². The van der Waals surface area contributed by atoms with Crippen LogP contribution < -0.4 is 5.32 Å². The highest BCUT2D eigenvalue weighted by Crippen LogP contribution is 2.13. The van der Waals surface area contributed by atoms with E-state index >= 15 is 0 Å². The highest BCUT2D eigenvalue weighted by molar-refractivity contribution is 5.14. The number of tetrazole rings is 1. The van der Waals surface area contributed by atoms with Crippen molar-refractivity contribution in [3.63, 3.8) is 0 Å². The fourth-order valence-corrected chi connectivity index (χ4v) is 2.84. The zero-order chi connectivity index (χ0) is 14.5. The molecule has 1 aliphatic rings. The second kappa shape index (κ2) is 6.78. The minimum absolute atomic E-state index is 0.506. The third-order valence-electron chi connectivity index (χ3n) is 3.85. The maximum Gasteiger partial charge on any atom is 0.188 e. The van der Waals surface area contributed by atoms with Gasteiger partial charge in [0.1, 0.15) is 0 Å². The zero-order valence-electron chi connectivity index (χ0n) is 12.4. The van der Waals surface area contributed by atoms with E-state index in [2.05, 4.69) is 56.0 Å². The van der Waals surface area contributed by atoms with Crippen LogP contribution in [0.1, 0.15) is 24.2 Å². The number of aromatic nitrogens is 4. The number of rotatable bonds is 5. The number of piperidine rings is 1. The van der Waals surface area contributed by atoms with Gasteiger partial charge in [-0.15, -0.1) is 10.2 Å². The highest BCUT2D eigenvalue weighted by Gasteiger charge is 2.19. The van der Waals surface area contributed by atoms with Crippen LogP contribution in [0.3, 0.4) is 0 Å². The number of nitrogens with one attached hydrogen (secondary N) is 1. The van der Waals surface area contributed by atoms with Crippen molar-refractivity contribution in [2.75, 3.05) is 13.1 Å². The molecule has 1 aromatic carbocycles. The summed E-state index contributed by atoms with van der Waals surface area (Å²) in [4.78, 5) is 4.01. The molecule has 0 aliphatic carbocycles. The van der Waals surface area contributed by atoms with Gasteiger partial charge in [0, 0.05) is 19.1 Å². The standard InChI is InChI=1S/C15H22N6/c1-20-18-15(17-19-20)10-16-14-8-5-9-21(12-14)11-13-6-3-2-4-7-13/h2-4,6-7,14,16H,5,8-12H2,1H3. The van der Waals surface area contributed by atoms with Crippen LogP contribution in [0.15, 0.2) is 30.3 Å². The van der Waals surface area contributed by atoms with Gasteiger partial charge in [-0.2, -0.15) is 4.80 Å². The largest absolute Gasteiger partial charge is 0.306 e. The SMILES string of the molecule is Cn1nnc(CNC2CCCN(Cc3ccccc3)C2)n1. The summed E-state index contributed by atoms with van der Waals surface area (Å²) in [6, 6.07) is 11.2. The van der Waals surface area contributed by atoms with Gasteiger partial charge < -0.3 is 5.32 Å². The van der Waals surface area contributed by atoms with E-state index in [4.69, 9.17) is 0 Å². The van der Waals surface area contributed by atoms with Gasteiger partial charge in [0.15, 0.2) is 5.82 Å². The van der Waals surface area contributed by atoms with E-state index in [9.17, 15) is 0 Å². The molecule has 6 heteroatoms. The Hall–Kier alpha value is -1.79. The molecule has 21 heavy (non-hydrogen) atoms. The molecule has 0 spiro atoms. The van der Waals surface area contributed by atoms with E-state index in [1.165, 1.54) is 29.7 Å². The van der Waals surface area contributed by atoms with Gasteiger partial charge in [-0.05, 0) is 30.2 Å². The van der Waals surface area contributed by atoms with Crippen LogP contribution in [0.5, 0.6) is 0 Å². The minimum Gasteiger partial charge on any atom is -0.306 e. The molecule has 1 aliphatic heterocycles. The van der Waals surface area contributed by atoms with E-state index < -0.39 is 0 Å².